The third kappa shape index (κ3) is 3.07. The third-order valence-electron chi connectivity index (χ3n) is 5.59. The zero-order valence-corrected chi connectivity index (χ0v) is 17.3. The molecule has 0 saturated heterocycles. The molecule has 2 nitrogen and oxygen atoms in total. The minimum Gasteiger partial charge on any atom is -0.488 e. The highest BCUT2D eigenvalue weighted by molar-refractivity contribution is 7.19. The molecule has 1 unspecified atom stereocenters. The summed E-state index contributed by atoms with van der Waals surface area (Å²) >= 11 is 1.76. The number of ether oxygens (including phenoxy) is 1. The highest BCUT2D eigenvalue weighted by atomic mass is 32.1. The maximum atomic E-state index is 11.5. The van der Waals surface area contributed by atoms with Crippen LogP contribution in [0.3, 0.4) is 0 Å². The summed E-state index contributed by atoms with van der Waals surface area (Å²) in [6.45, 7) is 4.63. The molecule has 0 saturated carbocycles. The first-order valence-electron chi connectivity index (χ1n) is 9.82. The van der Waals surface area contributed by atoms with Gasteiger partial charge in [0.1, 0.15) is 18.5 Å². The molecule has 144 valence electrons. The molecule has 0 bridgehead atoms. The van der Waals surface area contributed by atoms with Crippen molar-refractivity contribution < 1.29 is 9.84 Å². The van der Waals surface area contributed by atoms with Gasteiger partial charge in [-0.3, -0.25) is 0 Å². The molecule has 0 aliphatic carbocycles. The van der Waals surface area contributed by atoms with E-state index in [-0.39, 0.29) is 0 Å². The second-order valence-corrected chi connectivity index (χ2v) is 8.59. The normalized spacial score (nSPS) is 13.3. The number of rotatable bonds is 3. The number of thiophene rings is 1. The fraction of sp³-hybridized carbons (Fsp3) is 0.154. The van der Waals surface area contributed by atoms with E-state index < -0.39 is 6.10 Å². The summed E-state index contributed by atoms with van der Waals surface area (Å²) in [5.74, 6) is 0.917. The molecule has 0 spiro atoms. The van der Waals surface area contributed by atoms with Gasteiger partial charge in [-0.1, -0.05) is 66.2 Å². The summed E-state index contributed by atoms with van der Waals surface area (Å²) in [5, 5.41) is 11.5. The van der Waals surface area contributed by atoms with Crippen LogP contribution in [-0.2, 0) is 6.61 Å². The van der Waals surface area contributed by atoms with Gasteiger partial charge in [0.15, 0.2) is 0 Å². The van der Waals surface area contributed by atoms with Gasteiger partial charge in [-0.15, -0.1) is 11.3 Å². The van der Waals surface area contributed by atoms with Crippen LogP contribution in [0.2, 0.25) is 0 Å². The quantitative estimate of drug-likeness (QED) is 0.417. The topological polar surface area (TPSA) is 29.5 Å². The number of aliphatic hydroxyl groups excluding tert-OH is 1. The molecule has 4 aromatic rings. The maximum Gasteiger partial charge on any atom is 0.128 e. The largest absolute Gasteiger partial charge is 0.488 e. The van der Waals surface area contributed by atoms with Crippen molar-refractivity contribution in [3.05, 3.63) is 101 Å². The van der Waals surface area contributed by atoms with Gasteiger partial charge in [0.05, 0.1) is 0 Å². The number of hydrogen-bond donors (Lipinski definition) is 1. The molecule has 1 atom stereocenters. The highest BCUT2D eigenvalue weighted by Crippen LogP contribution is 2.51. The van der Waals surface area contributed by atoms with Gasteiger partial charge in [0, 0.05) is 26.4 Å². The molecular weight excluding hydrogens is 376 g/mol. The lowest BCUT2D eigenvalue weighted by Crippen LogP contribution is -2.10. The van der Waals surface area contributed by atoms with Crippen LogP contribution in [-0.4, -0.2) is 5.11 Å². The first kappa shape index (κ1) is 18.2. The van der Waals surface area contributed by atoms with Crippen LogP contribution in [0, 0.1) is 13.8 Å². The summed E-state index contributed by atoms with van der Waals surface area (Å²) in [4.78, 5) is 2.32. The van der Waals surface area contributed by atoms with E-state index in [1.54, 1.807) is 11.3 Å². The highest BCUT2D eigenvalue weighted by Gasteiger charge is 2.30. The predicted molar refractivity (Wildman–Crippen MR) is 120 cm³/mol. The average Bonchev–Trinajstić information content (AvgIpc) is 3.14. The van der Waals surface area contributed by atoms with E-state index in [2.05, 4.69) is 44.2 Å². The lowest BCUT2D eigenvalue weighted by Gasteiger charge is -2.22. The number of aryl methyl sites for hydroxylation is 2. The Morgan fingerprint density at radius 2 is 1.66 bits per heavy atom. The van der Waals surface area contributed by atoms with Gasteiger partial charge in [-0.25, -0.2) is 0 Å². The Labute approximate surface area is 175 Å². The monoisotopic (exact) mass is 398 g/mol. The van der Waals surface area contributed by atoms with Crippen LogP contribution in [0.15, 0.2) is 72.8 Å². The fourth-order valence-corrected chi connectivity index (χ4v) is 5.44. The fourth-order valence-electron chi connectivity index (χ4n) is 4.08. The van der Waals surface area contributed by atoms with Crippen molar-refractivity contribution in [1.82, 2.24) is 0 Å². The van der Waals surface area contributed by atoms with Gasteiger partial charge < -0.3 is 9.84 Å². The van der Waals surface area contributed by atoms with Crippen LogP contribution in [0.1, 0.15) is 33.9 Å². The molecule has 3 heteroatoms. The van der Waals surface area contributed by atoms with Crippen molar-refractivity contribution in [3.8, 4) is 26.6 Å². The molecule has 1 aliphatic rings. The predicted octanol–water partition coefficient (Wildman–Crippen LogP) is 6.67. The van der Waals surface area contributed by atoms with E-state index in [9.17, 15) is 5.11 Å². The Morgan fingerprint density at radius 3 is 2.45 bits per heavy atom. The van der Waals surface area contributed by atoms with Crippen LogP contribution < -0.4 is 4.74 Å². The van der Waals surface area contributed by atoms with Crippen molar-refractivity contribution in [1.29, 1.82) is 0 Å². The lowest BCUT2D eigenvalue weighted by atomic mass is 9.91. The molecule has 1 aliphatic heterocycles. The molecule has 29 heavy (non-hydrogen) atoms. The Morgan fingerprint density at radius 1 is 0.897 bits per heavy atom. The second-order valence-electron chi connectivity index (χ2n) is 7.57. The summed E-state index contributed by atoms with van der Waals surface area (Å²) in [6, 6.07) is 24.7. The molecule has 5 rings (SSSR count). The molecule has 2 heterocycles. The zero-order valence-electron chi connectivity index (χ0n) is 16.5. The van der Waals surface area contributed by atoms with Crippen molar-refractivity contribution in [2.75, 3.05) is 0 Å². The minimum absolute atomic E-state index is 0.479. The SMILES string of the molecule is Cc1ccc2c(c1)-c1sc(-c3ccccc3)c(C(O)c3ccccc3C)c1CO2. The molecule has 1 N–H and O–H groups in total. The molecule has 1 aromatic heterocycles. The van der Waals surface area contributed by atoms with Crippen LogP contribution >= 0.6 is 11.3 Å². The lowest BCUT2D eigenvalue weighted by molar-refractivity contribution is 0.215. The third-order valence-corrected chi connectivity index (χ3v) is 6.92. The number of aliphatic hydroxyl groups is 1. The zero-order chi connectivity index (χ0) is 20.0. The van der Waals surface area contributed by atoms with Crippen LogP contribution in [0.4, 0.5) is 0 Å². The van der Waals surface area contributed by atoms with E-state index >= 15 is 0 Å². The molecule has 0 fully saturated rings. The summed E-state index contributed by atoms with van der Waals surface area (Å²) in [7, 11) is 0. The van der Waals surface area contributed by atoms with E-state index in [0.29, 0.717) is 6.61 Å². The molecular formula is C26H22O2S. The first-order valence-corrected chi connectivity index (χ1v) is 10.6. The van der Waals surface area contributed by atoms with E-state index in [0.717, 1.165) is 44.0 Å². The Hall–Kier alpha value is -2.88. The Bertz CT molecular complexity index is 1190. The number of benzene rings is 3. The number of hydrogen-bond acceptors (Lipinski definition) is 3. The van der Waals surface area contributed by atoms with E-state index in [4.69, 9.17) is 4.74 Å². The summed E-state index contributed by atoms with van der Waals surface area (Å²) < 4.78 is 6.11. The van der Waals surface area contributed by atoms with Crippen molar-refractivity contribution in [3.63, 3.8) is 0 Å². The van der Waals surface area contributed by atoms with Crippen molar-refractivity contribution >= 4 is 11.3 Å². The van der Waals surface area contributed by atoms with Crippen LogP contribution in [0.5, 0.6) is 5.75 Å². The minimum atomic E-state index is -0.693. The summed E-state index contributed by atoms with van der Waals surface area (Å²) in [6.07, 6.45) is -0.693. The Balaban J connectivity index is 1.77. The van der Waals surface area contributed by atoms with E-state index in [1.807, 2.05) is 42.5 Å². The standard InChI is InChI=1S/C26H22O2S/c1-16-12-13-22-20(14-16)26-21(15-28-22)23(24(27)19-11-7-6-8-17(19)2)25(29-26)18-9-4-3-5-10-18/h3-14,24,27H,15H2,1-2H3. The molecule has 0 radical (unpaired) electrons. The molecule has 3 aromatic carbocycles. The maximum absolute atomic E-state index is 11.5. The number of fused-ring (bicyclic) bond motifs is 3. The van der Waals surface area contributed by atoms with Gasteiger partial charge in [0.25, 0.3) is 0 Å². The van der Waals surface area contributed by atoms with Crippen LogP contribution in [0.25, 0.3) is 20.9 Å². The van der Waals surface area contributed by atoms with E-state index in [1.165, 1.54) is 10.4 Å². The van der Waals surface area contributed by atoms with Gasteiger partial charge in [-0.05, 0) is 42.7 Å². The second kappa shape index (κ2) is 7.18. The summed E-state index contributed by atoms with van der Waals surface area (Å²) in [5.41, 5.74) is 7.56. The van der Waals surface area contributed by atoms with Gasteiger partial charge in [-0.2, -0.15) is 0 Å². The average molecular weight is 399 g/mol. The Kier molecular flexibility index (Phi) is 4.50. The van der Waals surface area contributed by atoms with Crippen molar-refractivity contribution in [2.24, 2.45) is 0 Å². The first-order chi connectivity index (χ1) is 14.1. The van der Waals surface area contributed by atoms with Crippen molar-refractivity contribution in [2.45, 2.75) is 26.6 Å². The smallest absolute Gasteiger partial charge is 0.128 e. The molecule has 0 amide bonds. The van der Waals surface area contributed by atoms with Gasteiger partial charge in [0.2, 0.25) is 0 Å². The van der Waals surface area contributed by atoms with Gasteiger partial charge >= 0.3 is 0 Å².